The Hall–Kier alpha value is -0.890. The second-order valence-corrected chi connectivity index (χ2v) is 2.42. The van der Waals surface area contributed by atoms with Gasteiger partial charge in [0, 0.05) is 11.9 Å². The molecule has 0 unspecified atom stereocenters. The van der Waals surface area contributed by atoms with E-state index >= 15 is 0 Å². The molecule has 0 fully saturated rings. The van der Waals surface area contributed by atoms with Crippen LogP contribution in [0.4, 0.5) is 0 Å². The predicted octanol–water partition coefficient (Wildman–Crippen LogP) is 1.19. The van der Waals surface area contributed by atoms with Crippen molar-refractivity contribution in [2.45, 2.75) is 20.5 Å². The highest BCUT2D eigenvalue weighted by Crippen LogP contribution is 2.05. The van der Waals surface area contributed by atoms with E-state index in [2.05, 4.69) is 4.98 Å². The zero-order valence-corrected chi connectivity index (χ0v) is 6.26. The maximum Gasteiger partial charge on any atom is 0.0699 e. The molecule has 0 aromatic carbocycles. The van der Waals surface area contributed by atoms with E-state index in [1.807, 2.05) is 19.9 Å². The quantitative estimate of drug-likeness (QED) is 0.630. The number of hydrogen-bond acceptors (Lipinski definition) is 2. The lowest BCUT2D eigenvalue weighted by Crippen LogP contribution is -1.92. The monoisotopic (exact) mass is 137 g/mol. The van der Waals surface area contributed by atoms with Gasteiger partial charge in [-0.05, 0) is 25.0 Å². The first kappa shape index (κ1) is 7.22. The van der Waals surface area contributed by atoms with Crippen molar-refractivity contribution < 1.29 is 5.11 Å². The number of pyridine rings is 1. The number of aromatic nitrogens is 1. The Morgan fingerprint density at radius 1 is 1.50 bits per heavy atom. The van der Waals surface area contributed by atoms with Crippen LogP contribution >= 0.6 is 0 Å². The van der Waals surface area contributed by atoms with E-state index in [-0.39, 0.29) is 6.61 Å². The molecule has 0 aliphatic heterocycles. The highest BCUT2D eigenvalue weighted by molar-refractivity contribution is 5.22. The van der Waals surface area contributed by atoms with Gasteiger partial charge in [-0.2, -0.15) is 0 Å². The fourth-order valence-electron chi connectivity index (χ4n) is 0.858. The van der Waals surface area contributed by atoms with Crippen molar-refractivity contribution >= 4 is 0 Å². The van der Waals surface area contributed by atoms with E-state index in [4.69, 9.17) is 5.11 Å². The van der Waals surface area contributed by atoms with Crippen LogP contribution in [0.25, 0.3) is 0 Å². The molecule has 10 heavy (non-hydrogen) atoms. The summed E-state index contributed by atoms with van der Waals surface area (Å²) in [6.07, 6.45) is 1.80. The molecule has 2 nitrogen and oxygen atoms in total. The Morgan fingerprint density at radius 3 is 2.70 bits per heavy atom. The van der Waals surface area contributed by atoms with Crippen LogP contribution in [0.15, 0.2) is 12.3 Å². The normalized spacial score (nSPS) is 9.90. The van der Waals surface area contributed by atoms with E-state index in [9.17, 15) is 0 Å². The first-order valence-electron chi connectivity index (χ1n) is 3.27. The summed E-state index contributed by atoms with van der Waals surface area (Å²) in [6.45, 7) is 3.94. The summed E-state index contributed by atoms with van der Waals surface area (Å²) in [6, 6.07) is 1.95. The molecule has 54 valence electrons. The fourth-order valence-corrected chi connectivity index (χ4v) is 0.858. The lowest BCUT2D eigenvalue weighted by atomic mass is 10.2. The number of rotatable bonds is 1. The molecule has 0 aliphatic carbocycles. The molecule has 0 aliphatic rings. The van der Waals surface area contributed by atoms with Gasteiger partial charge < -0.3 is 5.11 Å². The van der Waals surface area contributed by atoms with E-state index in [1.54, 1.807) is 6.20 Å². The van der Waals surface area contributed by atoms with Gasteiger partial charge >= 0.3 is 0 Å². The van der Waals surface area contributed by atoms with Crippen molar-refractivity contribution in [2.24, 2.45) is 0 Å². The first-order chi connectivity index (χ1) is 4.74. The molecular weight excluding hydrogens is 126 g/mol. The van der Waals surface area contributed by atoms with Crippen molar-refractivity contribution in [2.75, 3.05) is 0 Å². The number of aliphatic hydroxyl groups excluding tert-OH is 1. The third-order valence-corrected chi connectivity index (χ3v) is 1.50. The largest absolute Gasteiger partial charge is 0.392 e. The minimum Gasteiger partial charge on any atom is -0.392 e. The Morgan fingerprint density at radius 2 is 2.20 bits per heavy atom. The molecular formula is C8H11NO. The lowest BCUT2D eigenvalue weighted by Gasteiger charge is -2.00. The van der Waals surface area contributed by atoms with Crippen LogP contribution in [-0.4, -0.2) is 10.1 Å². The maximum absolute atomic E-state index is 8.80. The van der Waals surface area contributed by atoms with Crippen LogP contribution in [0, 0.1) is 13.8 Å². The molecule has 1 N–H and O–H groups in total. The van der Waals surface area contributed by atoms with Crippen molar-refractivity contribution in [3.05, 3.63) is 29.1 Å². The van der Waals surface area contributed by atoms with Gasteiger partial charge in [-0.15, -0.1) is 0 Å². The summed E-state index contributed by atoms with van der Waals surface area (Å²) in [5.74, 6) is 0. The fraction of sp³-hybridized carbons (Fsp3) is 0.375. The van der Waals surface area contributed by atoms with E-state index < -0.39 is 0 Å². The molecule has 1 rings (SSSR count). The number of aryl methyl sites for hydroxylation is 2. The van der Waals surface area contributed by atoms with Gasteiger partial charge in [-0.3, -0.25) is 4.98 Å². The topological polar surface area (TPSA) is 33.1 Å². The van der Waals surface area contributed by atoms with Crippen LogP contribution in [0.2, 0.25) is 0 Å². The molecule has 2 heteroatoms. The Bertz CT molecular complexity index is 233. The Labute approximate surface area is 60.5 Å². The third kappa shape index (κ3) is 1.33. The van der Waals surface area contributed by atoms with Crippen molar-refractivity contribution in [3.8, 4) is 0 Å². The van der Waals surface area contributed by atoms with Crippen molar-refractivity contribution in [1.29, 1.82) is 0 Å². The van der Waals surface area contributed by atoms with Crippen LogP contribution in [0.1, 0.15) is 16.8 Å². The summed E-state index contributed by atoms with van der Waals surface area (Å²) >= 11 is 0. The van der Waals surface area contributed by atoms with Gasteiger partial charge in [0.25, 0.3) is 0 Å². The van der Waals surface area contributed by atoms with E-state index in [1.165, 1.54) is 0 Å². The molecule has 1 heterocycles. The predicted molar refractivity (Wildman–Crippen MR) is 39.6 cm³/mol. The summed E-state index contributed by atoms with van der Waals surface area (Å²) in [5.41, 5.74) is 2.92. The van der Waals surface area contributed by atoms with E-state index in [0.29, 0.717) is 0 Å². The SMILES string of the molecule is Cc1cnc(C)c(CO)c1. The Balaban J connectivity index is 3.09. The third-order valence-electron chi connectivity index (χ3n) is 1.50. The van der Waals surface area contributed by atoms with Gasteiger partial charge in [0.05, 0.1) is 6.61 Å². The molecule has 1 aromatic heterocycles. The first-order valence-corrected chi connectivity index (χ1v) is 3.27. The number of hydrogen-bond donors (Lipinski definition) is 1. The minimum absolute atomic E-state index is 0.0838. The zero-order chi connectivity index (χ0) is 7.56. The molecule has 0 spiro atoms. The highest BCUT2D eigenvalue weighted by atomic mass is 16.3. The summed E-state index contributed by atoms with van der Waals surface area (Å²) in [5, 5.41) is 8.80. The van der Waals surface area contributed by atoms with Crippen LogP contribution < -0.4 is 0 Å². The second-order valence-electron chi connectivity index (χ2n) is 2.42. The van der Waals surface area contributed by atoms with Crippen LogP contribution in [0.5, 0.6) is 0 Å². The summed E-state index contributed by atoms with van der Waals surface area (Å²) in [4.78, 5) is 4.09. The Kier molecular flexibility index (Phi) is 2.02. The van der Waals surface area contributed by atoms with Gasteiger partial charge in [-0.25, -0.2) is 0 Å². The van der Waals surface area contributed by atoms with Crippen LogP contribution in [0.3, 0.4) is 0 Å². The minimum atomic E-state index is 0.0838. The number of aliphatic hydroxyl groups is 1. The zero-order valence-electron chi connectivity index (χ0n) is 6.26. The smallest absolute Gasteiger partial charge is 0.0699 e. The van der Waals surface area contributed by atoms with Crippen molar-refractivity contribution in [1.82, 2.24) is 4.98 Å². The average molecular weight is 137 g/mol. The molecule has 1 aromatic rings. The standard InChI is InChI=1S/C8H11NO/c1-6-3-8(5-10)7(2)9-4-6/h3-4,10H,5H2,1-2H3. The van der Waals surface area contributed by atoms with Gasteiger partial charge in [0.2, 0.25) is 0 Å². The molecule has 0 saturated heterocycles. The van der Waals surface area contributed by atoms with Crippen LogP contribution in [-0.2, 0) is 6.61 Å². The van der Waals surface area contributed by atoms with Gasteiger partial charge in [0.1, 0.15) is 0 Å². The molecule has 0 atom stereocenters. The summed E-state index contributed by atoms with van der Waals surface area (Å²) in [7, 11) is 0. The lowest BCUT2D eigenvalue weighted by molar-refractivity contribution is 0.280. The number of nitrogens with zero attached hydrogens (tertiary/aromatic N) is 1. The van der Waals surface area contributed by atoms with E-state index in [0.717, 1.165) is 16.8 Å². The highest BCUT2D eigenvalue weighted by Gasteiger charge is 1.95. The van der Waals surface area contributed by atoms with Crippen molar-refractivity contribution in [3.63, 3.8) is 0 Å². The molecule has 0 bridgehead atoms. The maximum atomic E-state index is 8.80. The second kappa shape index (κ2) is 2.80. The molecule has 0 saturated carbocycles. The molecule has 0 radical (unpaired) electrons. The van der Waals surface area contributed by atoms with Gasteiger partial charge in [-0.1, -0.05) is 6.07 Å². The molecule has 0 amide bonds. The van der Waals surface area contributed by atoms with Gasteiger partial charge in [0.15, 0.2) is 0 Å². The summed E-state index contributed by atoms with van der Waals surface area (Å²) < 4.78 is 0. The average Bonchev–Trinajstić information content (AvgIpc) is 1.94.